The molecule has 2 unspecified atom stereocenters. The molecule has 0 aliphatic heterocycles. The summed E-state index contributed by atoms with van der Waals surface area (Å²) in [5, 5.41) is 10.6. The minimum Gasteiger partial charge on any atom is -0.462 e. The lowest BCUT2D eigenvalue weighted by molar-refractivity contribution is -0.161. The Morgan fingerprint density at radius 1 is 0.267 bits per heavy atom. The van der Waals surface area contributed by atoms with Gasteiger partial charge in [-0.15, -0.1) is 0 Å². The van der Waals surface area contributed by atoms with Gasteiger partial charge in [0.25, 0.3) is 0 Å². The molecule has 0 spiro atoms. The fourth-order valence-corrected chi connectivity index (χ4v) is 14.3. The Morgan fingerprint density at radius 2 is 0.455 bits per heavy atom. The van der Waals surface area contributed by atoms with Crippen LogP contribution in [0.1, 0.15) is 433 Å². The first-order valence-electron chi connectivity index (χ1n) is 42.5. The number of phosphoric acid groups is 2. The van der Waals surface area contributed by atoms with Crippen LogP contribution >= 0.6 is 15.6 Å². The maximum Gasteiger partial charge on any atom is 0.472 e. The largest absolute Gasteiger partial charge is 0.472 e. The number of hydrogen-bond donors (Lipinski definition) is 3. The monoisotopic (exact) mass is 1480 g/mol. The highest BCUT2D eigenvalue weighted by Crippen LogP contribution is 2.45. The molecule has 0 bridgehead atoms. The number of ether oxygens (including phenoxy) is 4. The summed E-state index contributed by atoms with van der Waals surface area (Å²) in [6, 6.07) is 0. The Kier molecular flexibility index (Phi) is 72.2. The van der Waals surface area contributed by atoms with Crippen LogP contribution in [0.2, 0.25) is 0 Å². The van der Waals surface area contributed by atoms with Crippen molar-refractivity contribution in [3.8, 4) is 0 Å². The third-order valence-corrected chi connectivity index (χ3v) is 21.1. The van der Waals surface area contributed by atoms with E-state index in [4.69, 9.17) is 37.0 Å². The van der Waals surface area contributed by atoms with E-state index >= 15 is 0 Å². The van der Waals surface area contributed by atoms with Crippen molar-refractivity contribution in [1.82, 2.24) is 0 Å². The summed E-state index contributed by atoms with van der Waals surface area (Å²) in [6.45, 7) is 9.64. The molecule has 0 aliphatic carbocycles. The van der Waals surface area contributed by atoms with Crippen LogP contribution in [0.3, 0.4) is 0 Å². The van der Waals surface area contributed by atoms with Gasteiger partial charge in [0.15, 0.2) is 12.2 Å². The molecule has 17 nitrogen and oxygen atoms in total. The van der Waals surface area contributed by atoms with Crippen molar-refractivity contribution in [2.45, 2.75) is 452 Å². The molecule has 0 saturated carbocycles. The van der Waals surface area contributed by atoms with E-state index in [0.717, 1.165) is 102 Å². The normalized spacial score (nSPS) is 13.9. The molecule has 0 aromatic rings. The molecular formula is C82H160O17P2. The first-order valence-corrected chi connectivity index (χ1v) is 45.5. The lowest BCUT2D eigenvalue weighted by atomic mass is 10.0. The molecule has 0 amide bonds. The maximum absolute atomic E-state index is 13.1. The standard InChI is InChI=1S/C82H160O17P2/c1-7-9-11-13-15-17-19-21-22-23-24-25-26-27-28-29-35-42-48-54-60-66-81(86)98-77(70-93-80(85)65-59-53-47-41-34-31-30-32-38-44-50-56-62-74(3)4)72-96-100(88,89)94-68-76(83)69-95-101(90,91)97-73-78(71-92-79(84)64-58-52-46-40-33-20-18-16-14-12-10-8-2)99-82(87)67-61-55-49-43-37-36-39-45-51-57-63-75(5)6/h74-78,83H,7-73H2,1-6H3,(H,88,89)(H,90,91)/t76-,77-,78-/m1/s1. The molecule has 0 radical (unpaired) electrons. The zero-order valence-electron chi connectivity index (χ0n) is 66.2. The van der Waals surface area contributed by atoms with Crippen LogP contribution < -0.4 is 0 Å². The van der Waals surface area contributed by atoms with Crippen LogP contribution in [0.4, 0.5) is 0 Å². The predicted octanol–water partition coefficient (Wildman–Crippen LogP) is 24.7. The minimum absolute atomic E-state index is 0.106. The predicted molar refractivity (Wildman–Crippen MR) is 414 cm³/mol. The molecule has 0 saturated heterocycles. The lowest BCUT2D eigenvalue weighted by Gasteiger charge is -2.21. The summed E-state index contributed by atoms with van der Waals surface area (Å²) in [4.78, 5) is 73.1. The van der Waals surface area contributed by atoms with Crippen LogP contribution in [0, 0.1) is 11.8 Å². The van der Waals surface area contributed by atoms with Crippen molar-refractivity contribution in [2.24, 2.45) is 11.8 Å². The average molecular weight is 1480 g/mol. The van der Waals surface area contributed by atoms with E-state index < -0.39 is 97.5 Å². The third-order valence-electron chi connectivity index (χ3n) is 19.2. The zero-order chi connectivity index (χ0) is 74.2. The minimum atomic E-state index is -4.96. The Bertz CT molecular complexity index is 1940. The second kappa shape index (κ2) is 73.6. The number of carbonyl (C=O) groups is 4. The first-order chi connectivity index (χ1) is 48.9. The van der Waals surface area contributed by atoms with Crippen molar-refractivity contribution in [3.05, 3.63) is 0 Å². The Morgan fingerprint density at radius 3 is 0.673 bits per heavy atom. The molecule has 0 aromatic carbocycles. The van der Waals surface area contributed by atoms with Crippen molar-refractivity contribution < 1.29 is 80.2 Å². The van der Waals surface area contributed by atoms with Gasteiger partial charge in [0, 0.05) is 25.7 Å². The van der Waals surface area contributed by atoms with E-state index in [2.05, 4.69) is 41.5 Å². The first kappa shape index (κ1) is 99.1. The van der Waals surface area contributed by atoms with E-state index in [1.165, 1.54) is 250 Å². The zero-order valence-corrected chi connectivity index (χ0v) is 68.0. The molecule has 0 aromatic heterocycles. The number of unbranched alkanes of at least 4 members (excludes halogenated alkanes) is 51. The number of carbonyl (C=O) groups excluding carboxylic acids is 4. The Hall–Kier alpha value is -1.94. The maximum atomic E-state index is 13.1. The number of esters is 4. The quantitative estimate of drug-likeness (QED) is 0.0222. The van der Waals surface area contributed by atoms with Gasteiger partial charge in [-0.25, -0.2) is 9.13 Å². The summed E-state index contributed by atoms with van der Waals surface area (Å²) < 4.78 is 68.8. The molecule has 101 heavy (non-hydrogen) atoms. The highest BCUT2D eigenvalue weighted by Gasteiger charge is 2.30. The second-order valence-corrected chi connectivity index (χ2v) is 33.4. The summed E-state index contributed by atoms with van der Waals surface area (Å²) >= 11 is 0. The van der Waals surface area contributed by atoms with E-state index in [0.29, 0.717) is 25.7 Å². The lowest BCUT2D eigenvalue weighted by Crippen LogP contribution is -2.30. The van der Waals surface area contributed by atoms with E-state index in [9.17, 15) is 43.2 Å². The highest BCUT2D eigenvalue weighted by atomic mass is 31.2. The summed E-state index contributed by atoms with van der Waals surface area (Å²) in [5.41, 5.74) is 0. The summed E-state index contributed by atoms with van der Waals surface area (Å²) in [6.07, 6.45) is 63.8. The van der Waals surface area contributed by atoms with Crippen LogP contribution in [0.15, 0.2) is 0 Å². The van der Waals surface area contributed by atoms with Gasteiger partial charge in [-0.2, -0.15) is 0 Å². The Labute approximate surface area is 619 Å². The van der Waals surface area contributed by atoms with Crippen molar-refractivity contribution in [1.29, 1.82) is 0 Å². The average Bonchev–Trinajstić information content (AvgIpc) is 1.07. The van der Waals surface area contributed by atoms with Crippen LogP contribution in [0.5, 0.6) is 0 Å². The molecule has 19 heteroatoms. The fraction of sp³-hybridized carbons (Fsp3) is 0.951. The highest BCUT2D eigenvalue weighted by molar-refractivity contribution is 7.47. The van der Waals surface area contributed by atoms with Gasteiger partial charge in [-0.3, -0.25) is 37.3 Å². The van der Waals surface area contributed by atoms with E-state index in [1.54, 1.807) is 0 Å². The molecule has 5 atom stereocenters. The number of aliphatic hydroxyl groups is 1. The molecule has 600 valence electrons. The van der Waals surface area contributed by atoms with Crippen molar-refractivity contribution in [3.63, 3.8) is 0 Å². The van der Waals surface area contributed by atoms with E-state index in [-0.39, 0.29) is 25.7 Å². The number of rotatable bonds is 81. The van der Waals surface area contributed by atoms with Gasteiger partial charge >= 0.3 is 39.5 Å². The number of phosphoric ester groups is 2. The SMILES string of the molecule is CCCCCCCCCCCCCCCCCCCCCCCC(=O)O[C@H](COC(=O)CCCCCCCCCCCCCCC(C)C)COP(=O)(O)OC[C@@H](O)COP(=O)(O)OC[C@@H](COC(=O)CCCCCCCCCCCCCC)OC(=O)CCCCCCCCCCCCC(C)C. The molecular weight excluding hydrogens is 1320 g/mol. The second-order valence-electron chi connectivity index (χ2n) is 30.5. The Balaban J connectivity index is 5.23. The van der Waals surface area contributed by atoms with Crippen molar-refractivity contribution in [2.75, 3.05) is 39.6 Å². The van der Waals surface area contributed by atoms with Gasteiger partial charge in [-0.05, 0) is 37.5 Å². The summed E-state index contributed by atoms with van der Waals surface area (Å²) in [7, 11) is -9.92. The molecule has 0 fully saturated rings. The van der Waals surface area contributed by atoms with Gasteiger partial charge in [0.05, 0.1) is 26.4 Å². The molecule has 3 N–H and O–H groups in total. The number of hydrogen-bond acceptors (Lipinski definition) is 15. The van der Waals surface area contributed by atoms with Crippen LogP contribution in [-0.2, 0) is 65.4 Å². The third kappa shape index (κ3) is 76.1. The summed E-state index contributed by atoms with van der Waals surface area (Å²) in [5.74, 6) is -0.573. The number of aliphatic hydroxyl groups excluding tert-OH is 1. The van der Waals surface area contributed by atoms with Crippen molar-refractivity contribution >= 4 is 39.5 Å². The van der Waals surface area contributed by atoms with Gasteiger partial charge < -0.3 is 33.8 Å². The van der Waals surface area contributed by atoms with Gasteiger partial charge in [-0.1, -0.05) is 382 Å². The fourth-order valence-electron chi connectivity index (χ4n) is 12.7. The molecule has 0 aliphatic rings. The van der Waals surface area contributed by atoms with E-state index in [1.807, 2.05) is 0 Å². The van der Waals surface area contributed by atoms with Crippen LogP contribution in [0.25, 0.3) is 0 Å². The topological polar surface area (TPSA) is 237 Å². The molecule has 0 rings (SSSR count). The van der Waals surface area contributed by atoms with Gasteiger partial charge in [0.2, 0.25) is 0 Å². The molecule has 0 heterocycles. The smallest absolute Gasteiger partial charge is 0.462 e. The van der Waals surface area contributed by atoms with Gasteiger partial charge in [0.1, 0.15) is 19.3 Å². The van der Waals surface area contributed by atoms with Crippen LogP contribution in [-0.4, -0.2) is 96.7 Å².